The van der Waals surface area contributed by atoms with Gasteiger partial charge >= 0.3 is 0 Å². The summed E-state index contributed by atoms with van der Waals surface area (Å²) in [5.74, 6) is 1.20. The Hall–Kier alpha value is -1.70. The molecular weight excluding hydrogens is 338 g/mol. The SMILES string of the molecule is CC(C)CCC(C)C(C)CCC(C)c1ccc(-c2ccc(F)c(F)c2)cc1. The summed E-state index contributed by atoms with van der Waals surface area (Å²) in [6.07, 6.45) is 5.05. The van der Waals surface area contributed by atoms with E-state index in [1.54, 1.807) is 6.07 Å². The molecule has 0 aliphatic heterocycles. The summed E-state index contributed by atoms with van der Waals surface area (Å²) in [7, 11) is 0. The maximum atomic E-state index is 13.4. The van der Waals surface area contributed by atoms with Crippen LogP contribution in [0.1, 0.15) is 71.8 Å². The fourth-order valence-corrected chi connectivity index (χ4v) is 3.52. The van der Waals surface area contributed by atoms with Crippen LogP contribution in [0.3, 0.4) is 0 Å². The Bertz CT molecular complexity index is 703. The minimum atomic E-state index is -0.805. The first kappa shape index (κ1) is 21.6. The van der Waals surface area contributed by atoms with Crippen LogP contribution in [-0.2, 0) is 0 Å². The van der Waals surface area contributed by atoms with E-state index in [1.807, 2.05) is 12.1 Å². The van der Waals surface area contributed by atoms with E-state index in [9.17, 15) is 8.78 Å². The minimum Gasteiger partial charge on any atom is -0.204 e. The first-order chi connectivity index (χ1) is 12.8. The van der Waals surface area contributed by atoms with Crippen molar-refractivity contribution in [2.45, 2.75) is 66.2 Å². The van der Waals surface area contributed by atoms with E-state index in [0.29, 0.717) is 11.5 Å². The highest BCUT2D eigenvalue weighted by molar-refractivity contribution is 5.63. The first-order valence-electron chi connectivity index (χ1n) is 10.3. The summed E-state index contributed by atoms with van der Waals surface area (Å²) in [5, 5.41) is 0. The zero-order valence-corrected chi connectivity index (χ0v) is 17.4. The van der Waals surface area contributed by atoms with Gasteiger partial charge in [-0.1, -0.05) is 77.8 Å². The van der Waals surface area contributed by atoms with Crippen LogP contribution >= 0.6 is 0 Å². The summed E-state index contributed by atoms with van der Waals surface area (Å²) >= 11 is 0. The third-order valence-electron chi connectivity index (χ3n) is 5.96. The van der Waals surface area contributed by atoms with Crippen LogP contribution in [0.4, 0.5) is 8.78 Å². The lowest BCUT2D eigenvalue weighted by Crippen LogP contribution is -2.10. The van der Waals surface area contributed by atoms with Gasteiger partial charge in [-0.2, -0.15) is 0 Å². The summed E-state index contributed by atoms with van der Waals surface area (Å²) < 4.78 is 26.5. The highest BCUT2D eigenvalue weighted by atomic mass is 19.2. The van der Waals surface area contributed by atoms with Gasteiger partial charge in [0.05, 0.1) is 0 Å². The van der Waals surface area contributed by atoms with Gasteiger partial charge < -0.3 is 0 Å². The van der Waals surface area contributed by atoms with Gasteiger partial charge in [0.2, 0.25) is 0 Å². The summed E-state index contributed by atoms with van der Waals surface area (Å²) in [6, 6.07) is 12.3. The molecule has 2 aromatic rings. The number of benzene rings is 2. The van der Waals surface area contributed by atoms with Crippen LogP contribution in [-0.4, -0.2) is 0 Å². The van der Waals surface area contributed by atoms with Gasteiger partial charge in [0, 0.05) is 0 Å². The molecule has 148 valence electrons. The van der Waals surface area contributed by atoms with Crippen molar-refractivity contribution in [2.75, 3.05) is 0 Å². The molecule has 0 aromatic heterocycles. The monoisotopic (exact) mass is 372 g/mol. The zero-order chi connectivity index (χ0) is 20.0. The lowest BCUT2D eigenvalue weighted by atomic mass is 9.83. The number of hydrogen-bond acceptors (Lipinski definition) is 0. The molecule has 0 radical (unpaired) electrons. The Morgan fingerprint density at radius 3 is 1.74 bits per heavy atom. The molecule has 0 spiro atoms. The molecule has 0 amide bonds. The second kappa shape index (κ2) is 10.0. The molecule has 0 bridgehead atoms. The lowest BCUT2D eigenvalue weighted by molar-refractivity contribution is 0.310. The quantitative estimate of drug-likeness (QED) is 0.416. The third-order valence-corrected chi connectivity index (χ3v) is 5.96. The van der Waals surface area contributed by atoms with E-state index in [4.69, 9.17) is 0 Å². The maximum absolute atomic E-state index is 13.4. The highest BCUT2D eigenvalue weighted by Gasteiger charge is 2.15. The molecule has 0 aliphatic carbocycles. The molecule has 2 rings (SSSR count). The predicted octanol–water partition coefficient (Wildman–Crippen LogP) is 8.22. The summed E-state index contributed by atoms with van der Waals surface area (Å²) in [5.41, 5.74) is 2.93. The van der Waals surface area contributed by atoms with Gasteiger partial charge in [-0.3, -0.25) is 0 Å². The van der Waals surface area contributed by atoms with Gasteiger partial charge in [-0.05, 0) is 65.3 Å². The molecule has 2 aromatic carbocycles. The molecule has 0 fully saturated rings. The van der Waals surface area contributed by atoms with Gasteiger partial charge in [0.1, 0.15) is 0 Å². The Morgan fingerprint density at radius 2 is 1.19 bits per heavy atom. The van der Waals surface area contributed by atoms with Crippen molar-refractivity contribution in [3.8, 4) is 11.1 Å². The van der Waals surface area contributed by atoms with Crippen molar-refractivity contribution in [1.29, 1.82) is 0 Å². The van der Waals surface area contributed by atoms with E-state index < -0.39 is 11.6 Å². The Labute approximate surface area is 164 Å². The largest absolute Gasteiger partial charge is 0.204 e. The molecule has 3 unspecified atom stereocenters. The average molecular weight is 373 g/mol. The van der Waals surface area contributed by atoms with E-state index >= 15 is 0 Å². The first-order valence-corrected chi connectivity index (χ1v) is 10.3. The maximum Gasteiger partial charge on any atom is 0.159 e. The number of halogens is 2. The predicted molar refractivity (Wildman–Crippen MR) is 112 cm³/mol. The number of hydrogen-bond donors (Lipinski definition) is 0. The molecule has 0 saturated heterocycles. The van der Waals surface area contributed by atoms with Crippen LogP contribution < -0.4 is 0 Å². The second-order valence-electron chi connectivity index (χ2n) is 8.66. The van der Waals surface area contributed by atoms with Crippen LogP contribution in [0, 0.1) is 29.4 Å². The van der Waals surface area contributed by atoms with Crippen molar-refractivity contribution < 1.29 is 8.78 Å². The van der Waals surface area contributed by atoms with Gasteiger partial charge in [-0.15, -0.1) is 0 Å². The zero-order valence-electron chi connectivity index (χ0n) is 17.4. The van der Waals surface area contributed by atoms with Crippen LogP contribution in [0.5, 0.6) is 0 Å². The van der Waals surface area contributed by atoms with Crippen LogP contribution in [0.2, 0.25) is 0 Å². The normalized spacial score (nSPS) is 15.0. The topological polar surface area (TPSA) is 0 Å². The van der Waals surface area contributed by atoms with E-state index in [-0.39, 0.29) is 0 Å². The van der Waals surface area contributed by atoms with Crippen molar-refractivity contribution >= 4 is 0 Å². The van der Waals surface area contributed by atoms with E-state index in [2.05, 4.69) is 46.8 Å². The van der Waals surface area contributed by atoms with Gasteiger partial charge in [0.15, 0.2) is 11.6 Å². The molecule has 0 nitrogen and oxygen atoms in total. The fraction of sp³-hybridized carbons (Fsp3) is 0.520. The Balaban J connectivity index is 1.91. The fourth-order valence-electron chi connectivity index (χ4n) is 3.52. The molecular formula is C25H34F2. The molecule has 0 heterocycles. The smallest absolute Gasteiger partial charge is 0.159 e. The molecule has 0 saturated carbocycles. The Morgan fingerprint density at radius 1 is 0.630 bits per heavy atom. The molecule has 0 aliphatic rings. The minimum absolute atomic E-state index is 0.503. The van der Waals surface area contributed by atoms with Crippen molar-refractivity contribution in [3.05, 3.63) is 59.7 Å². The third kappa shape index (κ3) is 6.45. The standard InChI is InChI=1S/C25H34F2/c1-17(2)6-7-18(3)19(4)8-9-20(5)21-10-12-22(13-11-21)23-14-15-24(26)25(27)16-23/h10-20H,6-9H2,1-5H3. The van der Waals surface area contributed by atoms with Crippen LogP contribution in [0.15, 0.2) is 42.5 Å². The molecule has 0 N–H and O–H groups in total. The molecule has 3 atom stereocenters. The van der Waals surface area contributed by atoms with Gasteiger partial charge in [-0.25, -0.2) is 8.78 Å². The van der Waals surface area contributed by atoms with Crippen LogP contribution in [0.25, 0.3) is 11.1 Å². The van der Waals surface area contributed by atoms with E-state index in [0.717, 1.165) is 23.3 Å². The van der Waals surface area contributed by atoms with Crippen molar-refractivity contribution in [1.82, 2.24) is 0 Å². The average Bonchev–Trinajstić information content (AvgIpc) is 2.66. The Kier molecular flexibility index (Phi) is 8.01. The van der Waals surface area contributed by atoms with E-state index in [1.165, 1.54) is 43.4 Å². The van der Waals surface area contributed by atoms with Gasteiger partial charge in [0.25, 0.3) is 0 Å². The van der Waals surface area contributed by atoms with Crippen molar-refractivity contribution in [2.24, 2.45) is 17.8 Å². The number of rotatable bonds is 9. The molecule has 27 heavy (non-hydrogen) atoms. The lowest BCUT2D eigenvalue weighted by Gasteiger charge is -2.22. The molecule has 2 heteroatoms. The summed E-state index contributed by atoms with van der Waals surface area (Å²) in [6.45, 7) is 11.6. The second-order valence-corrected chi connectivity index (χ2v) is 8.66. The highest BCUT2D eigenvalue weighted by Crippen LogP contribution is 2.30. The van der Waals surface area contributed by atoms with Crippen molar-refractivity contribution in [3.63, 3.8) is 0 Å². The summed E-state index contributed by atoms with van der Waals surface area (Å²) in [4.78, 5) is 0.